The molecule has 0 atom stereocenters. The molecule has 2 aromatic rings. The molecule has 0 aromatic heterocycles. The molecule has 0 amide bonds. The molecule has 23 heavy (non-hydrogen) atoms. The third kappa shape index (κ3) is 2.97. The highest BCUT2D eigenvalue weighted by molar-refractivity contribution is 6.13. The van der Waals surface area contributed by atoms with Crippen LogP contribution < -0.4 is 4.74 Å². The van der Waals surface area contributed by atoms with Gasteiger partial charge in [-0.2, -0.15) is 0 Å². The zero-order chi connectivity index (χ0) is 16.4. The van der Waals surface area contributed by atoms with Gasteiger partial charge in [-0.3, -0.25) is 9.59 Å². The number of hydrogen-bond acceptors (Lipinski definition) is 3. The summed E-state index contributed by atoms with van der Waals surface area (Å²) >= 11 is 0. The molecule has 1 N–H and O–H groups in total. The Morgan fingerprint density at radius 3 is 2.65 bits per heavy atom. The Bertz CT molecular complexity index is 777. The molecule has 0 bridgehead atoms. The lowest BCUT2D eigenvalue weighted by Gasteiger charge is -2.14. The number of hydrogen-bond donors (Lipinski definition) is 1. The van der Waals surface area contributed by atoms with Crippen molar-refractivity contribution in [2.24, 2.45) is 0 Å². The maximum absolute atomic E-state index is 13.0. The Labute approximate surface area is 134 Å². The first-order chi connectivity index (χ1) is 11.1. The first-order valence-electron chi connectivity index (χ1n) is 7.73. The van der Waals surface area contributed by atoms with Crippen LogP contribution >= 0.6 is 0 Å². The Hall–Kier alpha value is -2.62. The van der Waals surface area contributed by atoms with Crippen LogP contribution in [-0.2, 0) is 24.1 Å². The van der Waals surface area contributed by atoms with Crippen molar-refractivity contribution >= 4 is 11.8 Å². The van der Waals surface area contributed by atoms with Crippen molar-refractivity contribution in [3.05, 3.63) is 64.2 Å². The predicted molar refractivity (Wildman–Crippen MR) is 86.2 cm³/mol. The van der Waals surface area contributed by atoms with Crippen LogP contribution in [0.5, 0.6) is 5.75 Å². The predicted octanol–water partition coefficient (Wildman–Crippen LogP) is 3.04. The molecule has 1 aliphatic rings. The molecule has 118 valence electrons. The van der Waals surface area contributed by atoms with Gasteiger partial charge in [0.15, 0.2) is 5.78 Å². The van der Waals surface area contributed by atoms with Crippen molar-refractivity contribution < 1.29 is 19.4 Å². The summed E-state index contributed by atoms with van der Waals surface area (Å²) in [5, 5.41) is 9.03. The van der Waals surface area contributed by atoms with Gasteiger partial charge in [0.2, 0.25) is 0 Å². The molecule has 0 aliphatic heterocycles. The van der Waals surface area contributed by atoms with Crippen LogP contribution in [0, 0.1) is 0 Å². The number of rotatable bonds is 4. The van der Waals surface area contributed by atoms with E-state index in [-0.39, 0.29) is 12.2 Å². The van der Waals surface area contributed by atoms with Gasteiger partial charge < -0.3 is 9.84 Å². The Kier molecular flexibility index (Phi) is 4.15. The quantitative estimate of drug-likeness (QED) is 0.943. The number of carboxylic acid groups (broad SMARTS) is 1. The van der Waals surface area contributed by atoms with Crippen molar-refractivity contribution in [2.45, 2.75) is 26.2 Å². The van der Waals surface area contributed by atoms with Crippen molar-refractivity contribution in [2.75, 3.05) is 6.61 Å². The number of carbonyl (C=O) groups is 2. The van der Waals surface area contributed by atoms with Gasteiger partial charge in [0, 0.05) is 5.56 Å². The molecule has 0 saturated carbocycles. The van der Waals surface area contributed by atoms with E-state index in [1.165, 1.54) is 0 Å². The lowest BCUT2D eigenvalue weighted by molar-refractivity contribution is -0.136. The minimum absolute atomic E-state index is 0.0431. The van der Waals surface area contributed by atoms with Crippen molar-refractivity contribution in [1.29, 1.82) is 0 Å². The molecule has 3 rings (SSSR count). The second-order valence-electron chi connectivity index (χ2n) is 5.62. The Balaban J connectivity index is 2.15. The van der Waals surface area contributed by atoms with Crippen LogP contribution in [0.2, 0.25) is 0 Å². The van der Waals surface area contributed by atoms with E-state index in [4.69, 9.17) is 9.84 Å². The van der Waals surface area contributed by atoms with Crippen molar-refractivity contribution in [3.63, 3.8) is 0 Å². The number of carbonyl (C=O) groups excluding carboxylic acids is 1. The minimum atomic E-state index is -0.893. The third-order valence-electron chi connectivity index (χ3n) is 4.05. The second-order valence-corrected chi connectivity index (χ2v) is 5.62. The monoisotopic (exact) mass is 310 g/mol. The van der Waals surface area contributed by atoms with Gasteiger partial charge in [-0.1, -0.05) is 30.3 Å². The molecule has 4 nitrogen and oxygen atoms in total. The summed E-state index contributed by atoms with van der Waals surface area (Å²) in [6.07, 6.45) is 1.39. The van der Waals surface area contributed by atoms with E-state index in [0.29, 0.717) is 35.5 Å². The number of benzene rings is 2. The molecular formula is C19H18O4. The standard InChI is InChI=1S/C19H18O4/c1-2-23-16-10-12(11-17(20)21)9-14-8-7-13-5-3-4-6-15(13)19(22)18(14)16/h3-6,9-10H,2,7-8,11H2,1H3,(H,20,21). The van der Waals surface area contributed by atoms with Crippen LogP contribution in [0.3, 0.4) is 0 Å². The number of carboxylic acids is 1. The van der Waals surface area contributed by atoms with Gasteiger partial charge in [0.05, 0.1) is 18.6 Å². The lowest BCUT2D eigenvalue weighted by atomic mass is 9.95. The average molecular weight is 310 g/mol. The van der Waals surface area contributed by atoms with Gasteiger partial charge in [-0.05, 0) is 42.5 Å². The summed E-state index contributed by atoms with van der Waals surface area (Å²) in [5.74, 6) is -0.447. The molecule has 4 heteroatoms. The van der Waals surface area contributed by atoms with Crippen LogP contribution in [-0.4, -0.2) is 23.5 Å². The fourth-order valence-corrected chi connectivity index (χ4v) is 3.10. The van der Waals surface area contributed by atoms with Crippen LogP contribution in [0.15, 0.2) is 36.4 Å². The van der Waals surface area contributed by atoms with Crippen LogP contribution in [0.25, 0.3) is 0 Å². The van der Waals surface area contributed by atoms with E-state index in [0.717, 1.165) is 17.5 Å². The number of ketones is 1. The summed E-state index contributed by atoms with van der Waals surface area (Å²) in [4.78, 5) is 24.0. The van der Waals surface area contributed by atoms with Crippen molar-refractivity contribution in [1.82, 2.24) is 0 Å². The summed E-state index contributed by atoms with van der Waals surface area (Å²) in [5.41, 5.74) is 3.84. The SMILES string of the molecule is CCOc1cc(CC(=O)O)cc2c1C(=O)c1ccccc1CC2. The maximum atomic E-state index is 13.0. The first kappa shape index (κ1) is 15.3. The zero-order valence-corrected chi connectivity index (χ0v) is 13.0. The number of aliphatic carboxylic acids is 1. The number of ether oxygens (including phenoxy) is 1. The normalized spacial score (nSPS) is 13.0. The van der Waals surface area contributed by atoms with Gasteiger partial charge in [0.25, 0.3) is 0 Å². The highest BCUT2D eigenvalue weighted by atomic mass is 16.5. The summed E-state index contributed by atoms with van der Waals surface area (Å²) in [6, 6.07) is 11.1. The molecular weight excluding hydrogens is 292 g/mol. The van der Waals surface area contributed by atoms with Gasteiger partial charge >= 0.3 is 5.97 Å². The Morgan fingerprint density at radius 2 is 1.91 bits per heavy atom. The molecule has 0 unspecified atom stereocenters. The first-order valence-corrected chi connectivity index (χ1v) is 7.73. The fourth-order valence-electron chi connectivity index (χ4n) is 3.10. The molecule has 0 saturated heterocycles. The molecule has 2 aromatic carbocycles. The largest absolute Gasteiger partial charge is 0.493 e. The number of aryl methyl sites for hydroxylation is 2. The smallest absolute Gasteiger partial charge is 0.307 e. The summed E-state index contributed by atoms with van der Waals surface area (Å²) in [6.45, 7) is 2.28. The zero-order valence-electron chi connectivity index (χ0n) is 13.0. The summed E-state index contributed by atoms with van der Waals surface area (Å²) in [7, 11) is 0. The fraction of sp³-hybridized carbons (Fsp3) is 0.263. The van der Waals surface area contributed by atoms with E-state index < -0.39 is 5.97 Å². The maximum Gasteiger partial charge on any atom is 0.307 e. The molecule has 0 spiro atoms. The highest BCUT2D eigenvalue weighted by Gasteiger charge is 2.25. The van der Waals surface area contributed by atoms with E-state index in [2.05, 4.69) is 0 Å². The van der Waals surface area contributed by atoms with E-state index in [1.54, 1.807) is 6.07 Å². The average Bonchev–Trinajstić information content (AvgIpc) is 2.65. The third-order valence-corrected chi connectivity index (χ3v) is 4.05. The van der Waals surface area contributed by atoms with Gasteiger partial charge in [0.1, 0.15) is 5.75 Å². The molecule has 0 heterocycles. The van der Waals surface area contributed by atoms with E-state index in [1.807, 2.05) is 37.3 Å². The van der Waals surface area contributed by atoms with Gasteiger partial charge in [-0.25, -0.2) is 0 Å². The van der Waals surface area contributed by atoms with Crippen LogP contribution in [0.4, 0.5) is 0 Å². The topological polar surface area (TPSA) is 63.6 Å². The molecule has 1 aliphatic carbocycles. The van der Waals surface area contributed by atoms with Crippen molar-refractivity contribution in [3.8, 4) is 5.75 Å². The summed E-state index contributed by atoms with van der Waals surface area (Å²) < 4.78 is 5.65. The molecule has 0 radical (unpaired) electrons. The second kappa shape index (κ2) is 6.24. The van der Waals surface area contributed by atoms with Gasteiger partial charge in [-0.15, -0.1) is 0 Å². The highest BCUT2D eigenvalue weighted by Crippen LogP contribution is 2.32. The Morgan fingerprint density at radius 1 is 1.17 bits per heavy atom. The van der Waals surface area contributed by atoms with Crippen LogP contribution in [0.1, 0.15) is 39.5 Å². The lowest BCUT2D eigenvalue weighted by Crippen LogP contribution is -2.10. The number of fused-ring (bicyclic) bond motifs is 2. The minimum Gasteiger partial charge on any atom is -0.493 e. The van der Waals surface area contributed by atoms with E-state index in [9.17, 15) is 9.59 Å². The molecule has 0 fully saturated rings. The van der Waals surface area contributed by atoms with E-state index >= 15 is 0 Å².